The van der Waals surface area contributed by atoms with Crippen LogP contribution in [-0.4, -0.2) is 66.4 Å². The summed E-state index contributed by atoms with van der Waals surface area (Å²) in [6, 6.07) is 7.91. The Morgan fingerprint density at radius 2 is 1.81 bits per heavy atom. The Labute approximate surface area is 160 Å². The van der Waals surface area contributed by atoms with Crippen molar-refractivity contribution in [3.8, 4) is 11.5 Å². The van der Waals surface area contributed by atoms with Crippen molar-refractivity contribution in [3.63, 3.8) is 0 Å². The van der Waals surface area contributed by atoms with Crippen LogP contribution in [0.25, 0.3) is 0 Å². The quantitative estimate of drug-likeness (QED) is 0.706. The Hall–Kier alpha value is -2.12. The lowest BCUT2D eigenvalue weighted by Gasteiger charge is -2.36. The van der Waals surface area contributed by atoms with Crippen molar-refractivity contribution in [2.75, 3.05) is 46.4 Å². The van der Waals surface area contributed by atoms with Gasteiger partial charge in [-0.05, 0) is 44.0 Å². The third-order valence-corrected chi connectivity index (χ3v) is 5.45. The van der Waals surface area contributed by atoms with E-state index in [4.69, 9.17) is 14.0 Å². The highest BCUT2D eigenvalue weighted by Gasteiger charge is 2.31. The molecule has 0 unspecified atom stereocenters. The third-order valence-electron chi connectivity index (χ3n) is 5.45. The molecule has 2 aromatic rings. The first-order chi connectivity index (χ1) is 13.2. The van der Waals surface area contributed by atoms with Crippen LogP contribution in [0.3, 0.4) is 0 Å². The second kappa shape index (κ2) is 8.27. The Morgan fingerprint density at radius 3 is 2.48 bits per heavy atom. The normalized spacial score (nSPS) is 19.8. The molecule has 1 atom stereocenters. The molecule has 2 aliphatic rings. The lowest BCUT2D eigenvalue weighted by Crippen LogP contribution is -2.48. The number of rotatable bonds is 8. The van der Waals surface area contributed by atoms with Crippen LogP contribution in [-0.2, 0) is 0 Å². The van der Waals surface area contributed by atoms with Crippen molar-refractivity contribution >= 4 is 0 Å². The van der Waals surface area contributed by atoms with E-state index in [1.807, 2.05) is 24.3 Å². The molecular weight excluding hydrogens is 344 g/mol. The van der Waals surface area contributed by atoms with E-state index in [9.17, 15) is 0 Å². The van der Waals surface area contributed by atoms with Gasteiger partial charge in [0.2, 0.25) is 5.89 Å². The fraction of sp³-hybridized carbons (Fsp3) is 0.600. The maximum Gasteiger partial charge on any atom is 0.243 e. The largest absolute Gasteiger partial charge is 0.497 e. The summed E-state index contributed by atoms with van der Waals surface area (Å²) in [4.78, 5) is 9.46. The molecule has 146 valence electrons. The molecule has 0 spiro atoms. The summed E-state index contributed by atoms with van der Waals surface area (Å²) in [6.45, 7) is 7.85. The van der Waals surface area contributed by atoms with E-state index in [-0.39, 0.29) is 6.04 Å². The van der Waals surface area contributed by atoms with E-state index < -0.39 is 0 Å². The molecule has 2 heterocycles. The molecule has 7 nitrogen and oxygen atoms in total. The minimum atomic E-state index is 0.183. The number of hydrogen-bond donors (Lipinski definition) is 0. The zero-order chi connectivity index (χ0) is 18.6. The summed E-state index contributed by atoms with van der Waals surface area (Å²) in [6.07, 6.45) is 2.40. The topological polar surface area (TPSA) is 63.9 Å². The average Bonchev–Trinajstić information content (AvgIpc) is 3.45. The number of aromatic nitrogens is 2. The highest BCUT2D eigenvalue weighted by atomic mass is 16.5. The van der Waals surface area contributed by atoms with Crippen molar-refractivity contribution < 1.29 is 14.0 Å². The van der Waals surface area contributed by atoms with Gasteiger partial charge in [-0.25, -0.2) is 0 Å². The van der Waals surface area contributed by atoms with Gasteiger partial charge in [0.15, 0.2) is 5.82 Å². The summed E-state index contributed by atoms with van der Waals surface area (Å²) in [5, 5.41) is 4.14. The molecule has 4 rings (SSSR count). The Kier molecular flexibility index (Phi) is 5.59. The van der Waals surface area contributed by atoms with Crippen molar-refractivity contribution in [1.29, 1.82) is 0 Å². The number of hydrogen-bond acceptors (Lipinski definition) is 7. The molecule has 7 heteroatoms. The van der Waals surface area contributed by atoms with E-state index >= 15 is 0 Å². The minimum Gasteiger partial charge on any atom is -0.497 e. The van der Waals surface area contributed by atoms with Gasteiger partial charge < -0.3 is 14.0 Å². The van der Waals surface area contributed by atoms with E-state index in [0.29, 0.717) is 12.5 Å². The monoisotopic (exact) mass is 372 g/mol. The van der Waals surface area contributed by atoms with Gasteiger partial charge in [-0.3, -0.25) is 9.80 Å². The van der Waals surface area contributed by atoms with Crippen molar-refractivity contribution in [2.24, 2.45) is 0 Å². The molecule has 0 N–H and O–H groups in total. The van der Waals surface area contributed by atoms with Crippen LogP contribution in [0.5, 0.6) is 11.5 Å². The fourth-order valence-corrected chi connectivity index (χ4v) is 3.42. The summed E-state index contributed by atoms with van der Waals surface area (Å²) < 4.78 is 16.5. The molecule has 0 amide bonds. The molecule has 2 fully saturated rings. The zero-order valence-corrected chi connectivity index (χ0v) is 16.1. The van der Waals surface area contributed by atoms with Crippen LogP contribution in [0.4, 0.5) is 0 Å². The Morgan fingerprint density at radius 1 is 1.11 bits per heavy atom. The highest BCUT2D eigenvalue weighted by Crippen LogP contribution is 2.38. The summed E-state index contributed by atoms with van der Waals surface area (Å²) in [7, 11) is 1.67. The molecule has 1 aliphatic heterocycles. The van der Waals surface area contributed by atoms with Gasteiger partial charge in [-0.15, -0.1) is 0 Å². The second-order valence-corrected chi connectivity index (χ2v) is 7.34. The zero-order valence-electron chi connectivity index (χ0n) is 16.1. The SMILES string of the molecule is COc1ccc(OCCN2CCN([C@@H](C)c3nc(C4CC4)no3)CC2)cc1. The first kappa shape index (κ1) is 18.3. The van der Waals surface area contributed by atoms with Crippen LogP contribution in [0.1, 0.15) is 43.4 Å². The maximum atomic E-state index is 5.84. The lowest BCUT2D eigenvalue weighted by molar-refractivity contribution is 0.0800. The van der Waals surface area contributed by atoms with E-state index in [1.54, 1.807) is 7.11 Å². The van der Waals surface area contributed by atoms with Crippen LogP contribution >= 0.6 is 0 Å². The van der Waals surface area contributed by atoms with Crippen molar-refractivity contribution in [2.45, 2.75) is 31.7 Å². The van der Waals surface area contributed by atoms with Gasteiger partial charge in [-0.1, -0.05) is 5.16 Å². The van der Waals surface area contributed by atoms with E-state index in [1.165, 1.54) is 12.8 Å². The second-order valence-electron chi connectivity index (χ2n) is 7.34. The summed E-state index contributed by atoms with van der Waals surface area (Å²) in [5.41, 5.74) is 0. The molecular formula is C20H28N4O3. The standard InChI is InChI=1S/C20H28N4O3/c1-15(20-21-19(22-27-20)16-3-4-16)24-11-9-23(10-12-24)13-14-26-18-7-5-17(25-2)6-8-18/h5-8,15-16H,3-4,9-14H2,1-2H3/t15-/m0/s1. The van der Waals surface area contributed by atoms with Crippen LogP contribution < -0.4 is 9.47 Å². The van der Waals surface area contributed by atoms with Gasteiger partial charge in [0, 0.05) is 38.6 Å². The molecule has 27 heavy (non-hydrogen) atoms. The van der Waals surface area contributed by atoms with Crippen molar-refractivity contribution in [3.05, 3.63) is 36.0 Å². The number of nitrogens with zero attached hydrogens (tertiary/aromatic N) is 4. The molecule has 1 saturated carbocycles. The predicted molar refractivity (Wildman–Crippen MR) is 101 cm³/mol. The number of ether oxygens (including phenoxy) is 2. The smallest absolute Gasteiger partial charge is 0.243 e. The molecule has 1 aromatic heterocycles. The first-order valence-electron chi connectivity index (χ1n) is 9.79. The van der Waals surface area contributed by atoms with Gasteiger partial charge >= 0.3 is 0 Å². The van der Waals surface area contributed by atoms with Crippen molar-refractivity contribution in [1.82, 2.24) is 19.9 Å². The van der Waals surface area contributed by atoms with Gasteiger partial charge in [0.1, 0.15) is 18.1 Å². The van der Waals surface area contributed by atoms with E-state index in [2.05, 4.69) is 26.9 Å². The molecule has 1 aliphatic carbocycles. The van der Waals surface area contributed by atoms with Gasteiger partial charge in [0.05, 0.1) is 13.2 Å². The lowest BCUT2D eigenvalue weighted by atomic mass is 10.2. The number of benzene rings is 1. The van der Waals surface area contributed by atoms with Crippen LogP contribution in [0.15, 0.2) is 28.8 Å². The van der Waals surface area contributed by atoms with Crippen LogP contribution in [0, 0.1) is 0 Å². The molecule has 0 radical (unpaired) electrons. The minimum absolute atomic E-state index is 0.183. The maximum absolute atomic E-state index is 5.84. The van der Waals surface area contributed by atoms with Gasteiger partial charge in [-0.2, -0.15) is 4.98 Å². The predicted octanol–water partition coefficient (Wildman–Crippen LogP) is 2.71. The number of piperazine rings is 1. The molecule has 0 bridgehead atoms. The Balaban J connectivity index is 1.19. The molecule has 1 aromatic carbocycles. The average molecular weight is 372 g/mol. The molecule has 1 saturated heterocycles. The number of methoxy groups -OCH3 is 1. The summed E-state index contributed by atoms with van der Waals surface area (Å²) >= 11 is 0. The summed E-state index contributed by atoms with van der Waals surface area (Å²) in [5.74, 6) is 3.92. The Bertz CT molecular complexity index is 721. The van der Waals surface area contributed by atoms with E-state index in [0.717, 1.165) is 55.9 Å². The van der Waals surface area contributed by atoms with Crippen LogP contribution in [0.2, 0.25) is 0 Å². The first-order valence-corrected chi connectivity index (χ1v) is 9.79. The third kappa shape index (κ3) is 4.59. The fourth-order valence-electron chi connectivity index (χ4n) is 3.42. The highest BCUT2D eigenvalue weighted by molar-refractivity contribution is 5.31. The van der Waals surface area contributed by atoms with Gasteiger partial charge in [0.25, 0.3) is 0 Å².